The van der Waals surface area contributed by atoms with Crippen molar-refractivity contribution in [3.05, 3.63) is 264 Å². The lowest BCUT2D eigenvalue weighted by atomic mass is 9.66. The largest absolute Gasteiger partial charge is 0.457 e. The number of benzene rings is 10. The molecule has 3 heterocycles. The Morgan fingerprint density at radius 3 is 1.58 bits per heavy atom. The average molecular weight is 921 g/mol. The molecule has 5 heteroatoms. The summed E-state index contributed by atoms with van der Waals surface area (Å²) >= 11 is 0. The van der Waals surface area contributed by atoms with Gasteiger partial charge in [-0.25, -0.2) is 15.0 Å². The third kappa shape index (κ3) is 5.67. The van der Waals surface area contributed by atoms with Gasteiger partial charge in [0.05, 0.1) is 16.4 Å². The molecule has 1 aliphatic heterocycles. The first kappa shape index (κ1) is 40.7. The van der Waals surface area contributed by atoms with Crippen LogP contribution in [0.4, 0.5) is 0 Å². The second-order valence-corrected chi connectivity index (χ2v) is 19.9. The van der Waals surface area contributed by atoms with Crippen LogP contribution in [0.25, 0.3) is 95.0 Å². The molecule has 0 radical (unpaired) electrons. The second-order valence-electron chi connectivity index (χ2n) is 19.9. The van der Waals surface area contributed by atoms with Crippen molar-refractivity contribution >= 4 is 21.8 Å². The van der Waals surface area contributed by atoms with Crippen molar-refractivity contribution in [1.82, 2.24) is 19.5 Å². The third-order valence-electron chi connectivity index (χ3n) is 15.7. The third-order valence-corrected chi connectivity index (χ3v) is 15.7. The number of aromatic nitrogens is 4. The molecule has 0 bridgehead atoms. The molecule has 10 aromatic carbocycles. The van der Waals surface area contributed by atoms with Gasteiger partial charge in [0, 0.05) is 55.3 Å². The summed E-state index contributed by atoms with van der Waals surface area (Å²) in [6.45, 7) is 4.73. The summed E-state index contributed by atoms with van der Waals surface area (Å²) in [4.78, 5) is 15.4. The Bertz CT molecular complexity index is 4110. The van der Waals surface area contributed by atoms with Crippen LogP contribution in [0, 0.1) is 0 Å². The molecule has 12 aromatic rings. The fourth-order valence-corrected chi connectivity index (χ4v) is 12.5. The van der Waals surface area contributed by atoms with Crippen LogP contribution in [0.2, 0.25) is 0 Å². The van der Waals surface area contributed by atoms with E-state index in [1.807, 2.05) is 36.4 Å². The van der Waals surface area contributed by atoms with Crippen LogP contribution in [0.5, 0.6) is 11.5 Å². The molecule has 0 atom stereocenters. The lowest BCUT2D eigenvalue weighted by Gasteiger charge is -2.39. The van der Waals surface area contributed by atoms with E-state index in [0.29, 0.717) is 17.5 Å². The number of hydrogen-bond acceptors (Lipinski definition) is 4. The predicted octanol–water partition coefficient (Wildman–Crippen LogP) is 16.4. The van der Waals surface area contributed by atoms with E-state index in [0.717, 1.165) is 61.7 Å². The van der Waals surface area contributed by atoms with E-state index < -0.39 is 5.41 Å². The Labute approximate surface area is 417 Å². The van der Waals surface area contributed by atoms with E-state index in [-0.39, 0.29) is 5.41 Å². The Kier molecular flexibility index (Phi) is 8.56. The van der Waals surface area contributed by atoms with Gasteiger partial charge in [0.1, 0.15) is 11.5 Å². The Morgan fingerprint density at radius 2 is 0.903 bits per heavy atom. The highest BCUT2D eigenvalue weighted by Gasteiger charge is 2.51. The minimum Gasteiger partial charge on any atom is -0.457 e. The van der Waals surface area contributed by atoms with E-state index in [1.165, 1.54) is 60.8 Å². The van der Waals surface area contributed by atoms with E-state index in [9.17, 15) is 0 Å². The summed E-state index contributed by atoms with van der Waals surface area (Å²) in [7, 11) is 0. The minimum absolute atomic E-state index is 0.120. The number of fused-ring (bicyclic) bond motifs is 16. The van der Waals surface area contributed by atoms with Gasteiger partial charge in [0.2, 0.25) is 0 Å². The molecular weight excluding hydrogens is 877 g/mol. The summed E-state index contributed by atoms with van der Waals surface area (Å²) in [6.07, 6.45) is 0. The Morgan fingerprint density at radius 1 is 0.361 bits per heavy atom. The summed E-state index contributed by atoms with van der Waals surface area (Å²) in [5.74, 6) is 3.60. The zero-order valence-electron chi connectivity index (χ0n) is 39.6. The van der Waals surface area contributed by atoms with Gasteiger partial charge in [-0.3, -0.25) is 0 Å². The van der Waals surface area contributed by atoms with Gasteiger partial charge in [0.15, 0.2) is 17.5 Å². The Balaban J connectivity index is 0.962. The molecule has 0 fully saturated rings. The predicted molar refractivity (Wildman–Crippen MR) is 291 cm³/mol. The van der Waals surface area contributed by atoms with Gasteiger partial charge in [-0.15, -0.1) is 0 Å². The number of rotatable bonds is 5. The SMILES string of the molecule is CC1(C)c2ccccc2-c2c1ccc1c3cc(-c4ccc5c(c4)C4(c6ccccc6Oc6ccccc64)c4ccc(-c6nc(-c7ccccc7)nc(-c7ccccc7)n6)cc4-5)ccc3n(-c3ccccc3)c21. The van der Waals surface area contributed by atoms with Crippen molar-refractivity contribution in [3.8, 4) is 84.7 Å². The molecule has 72 heavy (non-hydrogen) atoms. The molecule has 0 saturated carbocycles. The maximum Gasteiger partial charge on any atom is 0.164 e. The lowest BCUT2D eigenvalue weighted by molar-refractivity contribution is 0.436. The highest BCUT2D eigenvalue weighted by molar-refractivity contribution is 6.16. The van der Waals surface area contributed by atoms with Crippen LogP contribution in [-0.2, 0) is 10.8 Å². The van der Waals surface area contributed by atoms with Crippen molar-refractivity contribution in [2.24, 2.45) is 0 Å². The van der Waals surface area contributed by atoms with E-state index in [4.69, 9.17) is 19.7 Å². The average Bonchev–Trinajstić information content (AvgIpc) is 4.01. The molecule has 2 aliphatic carbocycles. The maximum atomic E-state index is 6.78. The second kappa shape index (κ2) is 15.2. The first-order chi connectivity index (χ1) is 35.4. The first-order valence-electron chi connectivity index (χ1n) is 24.8. The van der Waals surface area contributed by atoms with Crippen molar-refractivity contribution in [2.45, 2.75) is 24.7 Å². The van der Waals surface area contributed by atoms with Gasteiger partial charge in [0.25, 0.3) is 0 Å². The topological polar surface area (TPSA) is 52.8 Å². The normalized spacial score (nSPS) is 14.0. The minimum atomic E-state index is -0.678. The van der Waals surface area contributed by atoms with Gasteiger partial charge >= 0.3 is 0 Å². The van der Waals surface area contributed by atoms with E-state index >= 15 is 0 Å². The summed E-state index contributed by atoms with van der Waals surface area (Å²) in [5, 5.41) is 2.47. The zero-order valence-corrected chi connectivity index (χ0v) is 39.6. The van der Waals surface area contributed by atoms with Crippen LogP contribution < -0.4 is 4.74 Å². The molecular formula is C67H44N4O. The summed E-state index contributed by atoms with van der Waals surface area (Å²) in [5.41, 5.74) is 20.2. The van der Waals surface area contributed by atoms with Crippen molar-refractivity contribution in [2.75, 3.05) is 0 Å². The van der Waals surface area contributed by atoms with Crippen molar-refractivity contribution in [3.63, 3.8) is 0 Å². The quantitative estimate of drug-likeness (QED) is 0.173. The number of hydrogen-bond donors (Lipinski definition) is 0. The van der Waals surface area contributed by atoms with E-state index in [1.54, 1.807) is 0 Å². The number of nitrogens with zero attached hydrogens (tertiary/aromatic N) is 4. The molecule has 338 valence electrons. The van der Waals surface area contributed by atoms with Crippen LogP contribution in [0.15, 0.2) is 231 Å². The van der Waals surface area contributed by atoms with E-state index in [2.05, 4.69) is 213 Å². The first-order valence-corrected chi connectivity index (χ1v) is 24.8. The molecule has 5 nitrogen and oxygen atoms in total. The molecule has 15 rings (SSSR count). The molecule has 3 aliphatic rings. The van der Waals surface area contributed by atoms with Gasteiger partial charge in [-0.05, 0) is 98.6 Å². The van der Waals surface area contributed by atoms with Crippen molar-refractivity contribution in [1.29, 1.82) is 0 Å². The fourth-order valence-electron chi connectivity index (χ4n) is 12.5. The highest BCUT2D eigenvalue weighted by atomic mass is 16.5. The molecule has 0 N–H and O–H groups in total. The molecule has 2 aromatic heterocycles. The lowest BCUT2D eigenvalue weighted by Crippen LogP contribution is -2.32. The smallest absolute Gasteiger partial charge is 0.164 e. The molecule has 1 spiro atoms. The maximum absolute atomic E-state index is 6.78. The Hall–Kier alpha value is -9.19. The highest BCUT2D eigenvalue weighted by Crippen LogP contribution is 2.63. The standard InChI is InChI=1S/C67H44N4O/c1-66(2)52-25-13-12-24-49(52)61-56(66)36-34-48-51-38-43(32-37-58(51)71(62(48)61)46-22-10-5-11-23-46)44-30-33-47-50-39-45(65-69-63(41-18-6-3-7-19-41)68-64(70-65)42-20-8-4-9-21-42)31-35-53(50)67(57(47)40-44)54-26-14-16-28-59(54)72-60-29-17-15-27-55(60)67/h3-40H,1-2H3. The molecule has 0 unspecified atom stereocenters. The summed E-state index contributed by atoms with van der Waals surface area (Å²) in [6, 6.07) is 83.0. The summed E-state index contributed by atoms with van der Waals surface area (Å²) < 4.78 is 9.27. The monoisotopic (exact) mass is 920 g/mol. The van der Waals surface area contributed by atoms with Crippen molar-refractivity contribution < 1.29 is 4.74 Å². The van der Waals surface area contributed by atoms with Crippen LogP contribution in [0.1, 0.15) is 47.2 Å². The van der Waals surface area contributed by atoms with Crippen LogP contribution >= 0.6 is 0 Å². The van der Waals surface area contributed by atoms with Crippen LogP contribution in [0.3, 0.4) is 0 Å². The molecule has 0 amide bonds. The number of para-hydroxylation sites is 3. The fraction of sp³-hybridized carbons (Fsp3) is 0.0597. The van der Waals surface area contributed by atoms with Gasteiger partial charge in [-0.2, -0.15) is 0 Å². The molecule has 0 saturated heterocycles. The number of ether oxygens (including phenoxy) is 1. The van der Waals surface area contributed by atoms with Gasteiger partial charge in [-0.1, -0.05) is 196 Å². The zero-order chi connectivity index (χ0) is 47.7. The van der Waals surface area contributed by atoms with Gasteiger partial charge < -0.3 is 9.30 Å². The van der Waals surface area contributed by atoms with Crippen LogP contribution in [-0.4, -0.2) is 19.5 Å².